The summed E-state index contributed by atoms with van der Waals surface area (Å²) in [6, 6.07) is 7.62. The van der Waals surface area contributed by atoms with Crippen LogP contribution in [-0.4, -0.2) is 19.0 Å². The monoisotopic (exact) mass is 336 g/mol. The van der Waals surface area contributed by atoms with E-state index in [0.29, 0.717) is 6.54 Å². The van der Waals surface area contributed by atoms with Gasteiger partial charge in [0.05, 0.1) is 6.54 Å². The predicted molar refractivity (Wildman–Crippen MR) is 86.8 cm³/mol. The van der Waals surface area contributed by atoms with Gasteiger partial charge in [-0.3, -0.25) is 4.79 Å². The highest BCUT2D eigenvalue weighted by Crippen LogP contribution is 2.19. The Balaban J connectivity index is 1.64. The largest absolute Gasteiger partial charge is 0.325 e. The fourth-order valence-corrected chi connectivity index (χ4v) is 2.75. The highest BCUT2D eigenvalue weighted by molar-refractivity contribution is 9.10. The highest BCUT2D eigenvalue weighted by Gasteiger charge is 2.05. The average Bonchev–Trinajstić information content (AvgIpc) is 2.45. The number of halogens is 1. The van der Waals surface area contributed by atoms with Crippen molar-refractivity contribution in [1.29, 1.82) is 0 Å². The quantitative estimate of drug-likeness (QED) is 0.611. The highest BCUT2D eigenvalue weighted by atomic mass is 79.9. The summed E-state index contributed by atoms with van der Waals surface area (Å²) in [6.07, 6.45) is 8.50. The number of anilines is 1. The normalized spacial score (nSPS) is 14.8. The lowest BCUT2D eigenvalue weighted by molar-refractivity contribution is -0.115. The Morgan fingerprint density at radius 2 is 2.20 bits per heavy atom. The lowest BCUT2D eigenvalue weighted by atomic mass is 9.97. The molecule has 0 atom stereocenters. The van der Waals surface area contributed by atoms with Gasteiger partial charge in [-0.2, -0.15) is 0 Å². The number of amides is 1. The van der Waals surface area contributed by atoms with Crippen molar-refractivity contribution in [3.8, 4) is 0 Å². The van der Waals surface area contributed by atoms with Crippen LogP contribution in [0.4, 0.5) is 5.69 Å². The van der Waals surface area contributed by atoms with Crippen molar-refractivity contribution in [1.82, 2.24) is 5.32 Å². The minimum atomic E-state index is 0.000670. The molecule has 2 rings (SSSR count). The van der Waals surface area contributed by atoms with Crippen LogP contribution in [0.15, 0.2) is 40.4 Å². The molecule has 0 heterocycles. The molecule has 1 aliphatic carbocycles. The summed E-state index contributed by atoms with van der Waals surface area (Å²) in [5.41, 5.74) is 2.36. The molecule has 4 heteroatoms. The molecule has 3 nitrogen and oxygen atoms in total. The molecule has 0 aliphatic heterocycles. The number of hydrogen-bond donors (Lipinski definition) is 2. The molecular weight excluding hydrogens is 316 g/mol. The zero-order valence-electron chi connectivity index (χ0n) is 11.6. The third-order valence-corrected chi connectivity index (χ3v) is 3.90. The summed E-state index contributed by atoms with van der Waals surface area (Å²) in [6.45, 7) is 1.23. The SMILES string of the molecule is O=C(CNCCC1=CCCCC1)Nc1cccc(Br)c1. The van der Waals surface area contributed by atoms with Crippen molar-refractivity contribution in [2.45, 2.75) is 32.1 Å². The zero-order valence-corrected chi connectivity index (χ0v) is 13.2. The van der Waals surface area contributed by atoms with Gasteiger partial charge in [-0.15, -0.1) is 0 Å². The maximum Gasteiger partial charge on any atom is 0.238 e. The Labute approximate surface area is 129 Å². The van der Waals surface area contributed by atoms with E-state index in [2.05, 4.69) is 32.6 Å². The van der Waals surface area contributed by atoms with Gasteiger partial charge in [0.1, 0.15) is 0 Å². The van der Waals surface area contributed by atoms with Gasteiger partial charge in [0, 0.05) is 10.2 Å². The van der Waals surface area contributed by atoms with Crippen molar-refractivity contribution in [2.24, 2.45) is 0 Å². The second-order valence-electron chi connectivity index (χ2n) is 5.09. The van der Waals surface area contributed by atoms with Gasteiger partial charge in [0.25, 0.3) is 0 Å². The lowest BCUT2D eigenvalue weighted by Crippen LogP contribution is -2.29. The summed E-state index contributed by atoms with van der Waals surface area (Å²) >= 11 is 3.39. The number of nitrogens with one attached hydrogen (secondary N) is 2. The number of benzene rings is 1. The summed E-state index contributed by atoms with van der Waals surface area (Å²) in [5.74, 6) is 0.000670. The minimum Gasteiger partial charge on any atom is -0.325 e. The predicted octanol–water partition coefficient (Wildman–Crippen LogP) is 3.87. The van der Waals surface area contributed by atoms with Crippen LogP contribution in [0.5, 0.6) is 0 Å². The Morgan fingerprint density at radius 3 is 2.95 bits per heavy atom. The zero-order chi connectivity index (χ0) is 14.2. The molecule has 0 radical (unpaired) electrons. The first-order valence-corrected chi connectivity index (χ1v) is 7.97. The van der Waals surface area contributed by atoms with Crippen molar-refractivity contribution < 1.29 is 4.79 Å². The van der Waals surface area contributed by atoms with E-state index in [9.17, 15) is 4.79 Å². The van der Waals surface area contributed by atoms with Gasteiger partial charge in [-0.05, 0) is 56.8 Å². The van der Waals surface area contributed by atoms with Crippen LogP contribution in [0.2, 0.25) is 0 Å². The molecule has 0 saturated heterocycles. The van der Waals surface area contributed by atoms with Crippen LogP contribution in [-0.2, 0) is 4.79 Å². The summed E-state index contributed by atoms with van der Waals surface area (Å²) in [4.78, 5) is 11.8. The molecule has 1 aliphatic rings. The van der Waals surface area contributed by atoms with Crippen molar-refractivity contribution in [3.05, 3.63) is 40.4 Å². The number of carbonyl (C=O) groups excluding carboxylic acids is 1. The van der Waals surface area contributed by atoms with Gasteiger partial charge in [-0.25, -0.2) is 0 Å². The van der Waals surface area contributed by atoms with E-state index in [4.69, 9.17) is 0 Å². The second-order valence-corrected chi connectivity index (χ2v) is 6.01. The van der Waals surface area contributed by atoms with Gasteiger partial charge in [-0.1, -0.05) is 33.6 Å². The van der Waals surface area contributed by atoms with Crippen LogP contribution in [0.3, 0.4) is 0 Å². The van der Waals surface area contributed by atoms with Crippen LogP contribution in [0.25, 0.3) is 0 Å². The van der Waals surface area contributed by atoms with Gasteiger partial charge in [0.2, 0.25) is 5.91 Å². The molecule has 0 aromatic heterocycles. The summed E-state index contributed by atoms with van der Waals surface area (Å²) < 4.78 is 0.965. The molecule has 2 N–H and O–H groups in total. The van der Waals surface area contributed by atoms with Crippen LogP contribution in [0, 0.1) is 0 Å². The Hall–Kier alpha value is -1.13. The number of rotatable bonds is 6. The molecule has 0 fully saturated rings. The third kappa shape index (κ3) is 5.47. The Morgan fingerprint density at radius 1 is 1.30 bits per heavy atom. The first-order valence-electron chi connectivity index (χ1n) is 7.18. The Bertz CT molecular complexity index is 485. The Kier molecular flexibility index (Phi) is 6.27. The van der Waals surface area contributed by atoms with Crippen molar-refractivity contribution in [3.63, 3.8) is 0 Å². The molecule has 1 amide bonds. The first kappa shape index (κ1) is 15.3. The summed E-state index contributed by atoms with van der Waals surface area (Å²) in [5, 5.41) is 6.08. The summed E-state index contributed by atoms with van der Waals surface area (Å²) in [7, 11) is 0. The lowest BCUT2D eigenvalue weighted by Gasteiger charge is -2.13. The molecule has 108 valence electrons. The third-order valence-electron chi connectivity index (χ3n) is 3.40. The fraction of sp³-hybridized carbons (Fsp3) is 0.438. The van der Waals surface area contributed by atoms with E-state index >= 15 is 0 Å². The van der Waals surface area contributed by atoms with Crippen LogP contribution < -0.4 is 10.6 Å². The number of carbonyl (C=O) groups is 1. The fourth-order valence-electron chi connectivity index (χ4n) is 2.35. The molecule has 1 aromatic carbocycles. The molecule has 1 aromatic rings. The van der Waals surface area contributed by atoms with E-state index in [0.717, 1.165) is 23.1 Å². The van der Waals surface area contributed by atoms with Gasteiger partial charge < -0.3 is 10.6 Å². The smallest absolute Gasteiger partial charge is 0.238 e. The first-order chi connectivity index (χ1) is 9.74. The van der Waals surface area contributed by atoms with Gasteiger partial charge in [0.15, 0.2) is 0 Å². The molecular formula is C16H21BrN2O. The van der Waals surface area contributed by atoms with Crippen LogP contribution in [0.1, 0.15) is 32.1 Å². The van der Waals surface area contributed by atoms with Crippen LogP contribution >= 0.6 is 15.9 Å². The molecule has 0 spiro atoms. The standard InChI is InChI=1S/C16H21BrN2O/c17-14-7-4-8-15(11-14)19-16(20)12-18-10-9-13-5-2-1-3-6-13/h4-5,7-8,11,18H,1-3,6,9-10,12H2,(H,19,20). The molecule has 20 heavy (non-hydrogen) atoms. The molecule has 0 unspecified atom stereocenters. The van der Waals surface area contributed by atoms with Crippen molar-refractivity contribution in [2.75, 3.05) is 18.4 Å². The maximum absolute atomic E-state index is 11.8. The molecule has 0 saturated carbocycles. The topological polar surface area (TPSA) is 41.1 Å². The number of allylic oxidation sites excluding steroid dienone is 1. The van der Waals surface area contributed by atoms with E-state index < -0.39 is 0 Å². The maximum atomic E-state index is 11.8. The van der Waals surface area contributed by atoms with Crippen molar-refractivity contribution >= 4 is 27.5 Å². The van der Waals surface area contributed by atoms with Gasteiger partial charge >= 0.3 is 0 Å². The van der Waals surface area contributed by atoms with E-state index in [1.807, 2.05) is 24.3 Å². The van der Waals surface area contributed by atoms with E-state index in [1.165, 1.54) is 31.3 Å². The second kappa shape index (κ2) is 8.22. The van der Waals surface area contributed by atoms with E-state index in [-0.39, 0.29) is 5.91 Å². The molecule has 0 bridgehead atoms. The average molecular weight is 337 g/mol. The van der Waals surface area contributed by atoms with E-state index in [1.54, 1.807) is 0 Å². The number of hydrogen-bond acceptors (Lipinski definition) is 2. The minimum absolute atomic E-state index is 0.000670.